The number of likely N-dealkylation sites (tertiary alicyclic amines) is 1. The maximum atomic E-state index is 12.9. The molecule has 2 N–H and O–H groups in total. The van der Waals surface area contributed by atoms with Crippen LogP contribution in [-0.2, 0) is 19.3 Å². The minimum atomic E-state index is -4.31. The third kappa shape index (κ3) is 7.65. The van der Waals surface area contributed by atoms with Crippen molar-refractivity contribution in [3.05, 3.63) is 52.9 Å². The molecule has 2 heterocycles. The predicted octanol–water partition coefficient (Wildman–Crippen LogP) is 4.76. The molecule has 3 rings (SSSR count). The lowest BCUT2D eigenvalue weighted by Gasteiger charge is -2.33. The first-order valence-corrected chi connectivity index (χ1v) is 10.6. The van der Waals surface area contributed by atoms with E-state index in [1.54, 1.807) is 13.1 Å². The summed E-state index contributed by atoms with van der Waals surface area (Å²) in [5.74, 6) is 1.76. The molecule has 1 aromatic heterocycles. The average Bonchev–Trinajstić information content (AvgIpc) is 3.21. The Hall–Kier alpha value is -1.82. The lowest BCUT2D eigenvalue weighted by atomic mass is 10.0. The summed E-state index contributed by atoms with van der Waals surface area (Å²) in [6.45, 7) is 6.76. The van der Waals surface area contributed by atoms with Gasteiger partial charge in [0.25, 0.3) is 0 Å². The van der Waals surface area contributed by atoms with Crippen LogP contribution in [0, 0.1) is 0 Å². The minimum Gasteiger partial charge on any atom is -0.359 e. The second kappa shape index (κ2) is 11.9. The highest BCUT2D eigenvalue weighted by Gasteiger charge is 2.30. The van der Waals surface area contributed by atoms with E-state index in [9.17, 15) is 13.2 Å². The quantitative estimate of drug-likeness (QED) is 0.301. The van der Waals surface area contributed by atoms with E-state index in [0.717, 1.165) is 43.5 Å². The van der Waals surface area contributed by atoms with E-state index in [-0.39, 0.29) is 30.0 Å². The molecule has 0 aliphatic carbocycles. The molecule has 0 bridgehead atoms. The lowest BCUT2D eigenvalue weighted by molar-refractivity contribution is -0.137. The molecular weight excluding hydrogens is 534 g/mol. The van der Waals surface area contributed by atoms with Crippen LogP contribution < -0.4 is 10.6 Å². The Morgan fingerprint density at radius 3 is 2.56 bits per heavy atom. The van der Waals surface area contributed by atoms with E-state index in [0.29, 0.717) is 30.5 Å². The van der Waals surface area contributed by atoms with Gasteiger partial charge in [0.1, 0.15) is 0 Å². The van der Waals surface area contributed by atoms with Crippen molar-refractivity contribution in [2.75, 3.05) is 20.1 Å². The number of piperidine rings is 1. The van der Waals surface area contributed by atoms with Gasteiger partial charge in [-0.3, -0.25) is 9.89 Å². The third-order valence-electron chi connectivity index (χ3n) is 5.41. The van der Waals surface area contributed by atoms with Crippen LogP contribution >= 0.6 is 24.0 Å². The molecule has 10 heteroatoms. The maximum absolute atomic E-state index is 12.9. The SMILES string of the molecule is CN=C(NCc1cc(C(C)C)no1)NC1CCN(Cc2cccc(C(F)(F)F)c2)CC1.I. The molecule has 2 aromatic rings. The van der Waals surface area contributed by atoms with Gasteiger partial charge in [-0.1, -0.05) is 37.2 Å². The molecule has 178 valence electrons. The number of guanidine groups is 1. The van der Waals surface area contributed by atoms with Gasteiger partial charge < -0.3 is 15.2 Å². The largest absolute Gasteiger partial charge is 0.416 e. The maximum Gasteiger partial charge on any atom is 0.416 e. The summed E-state index contributed by atoms with van der Waals surface area (Å²) in [6, 6.07) is 7.77. The molecule has 0 amide bonds. The molecule has 0 unspecified atom stereocenters. The highest BCUT2D eigenvalue weighted by molar-refractivity contribution is 14.0. The van der Waals surface area contributed by atoms with Gasteiger partial charge in [0.2, 0.25) is 0 Å². The Bertz CT molecular complexity index is 876. The van der Waals surface area contributed by atoms with Gasteiger partial charge >= 0.3 is 6.18 Å². The Morgan fingerprint density at radius 2 is 1.97 bits per heavy atom. The van der Waals surface area contributed by atoms with Crippen LogP contribution in [-0.4, -0.2) is 42.2 Å². The van der Waals surface area contributed by atoms with E-state index < -0.39 is 11.7 Å². The van der Waals surface area contributed by atoms with E-state index in [4.69, 9.17) is 4.52 Å². The van der Waals surface area contributed by atoms with Crippen molar-refractivity contribution in [2.24, 2.45) is 4.99 Å². The molecule has 6 nitrogen and oxygen atoms in total. The smallest absolute Gasteiger partial charge is 0.359 e. The van der Waals surface area contributed by atoms with Crippen molar-refractivity contribution >= 4 is 29.9 Å². The van der Waals surface area contributed by atoms with Gasteiger partial charge in [0, 0.05) is 38.8 Å². The number of nitrogens with zero attached hydrogens (tertiary/aromatic N) is 3. The summed E-state index contributed by atoms with van der Waals surface area (Å²) in [4.78, 5) is 6.46. The molecule has 1 fully saturated rings. The zero-order valence-corrected chi connectivity index (χ0v) is 20.9. The number of alkyl halides is 3. The topological polar surface area (TPSA) is 65.7 Å². The molecule has 1 saturated heterocycles. The van der Waals surface area contributed by atoms with Crippen molar-refractivity contribution in [1.82, 2.24) is 20.7 Å². The summed E-state index contributed by atoms with van der Waals surface area (Å²) >= 11 is 0. The monoisotopic (exact) mass is 565 g/mol. The highest BCUT2D eigenvalue weighted by Crippen LogP contribution is 2.30. The summed E-state index contributed by atoms with van der Waals surface area (Å²) in [5, 5.41) is 10.7. The van der Waals surface area contributed by atoms with E-state index in [1.165, 1.54) is 12.1 Å². The first-order valence-electron chi connectivity index (χ1n) is 10.6. The van der Waals surface area contributed by atoms with Gasteiger partial charge in [-0.15, -0.1) is 24.0 Å². The number of benzene rings is 1. The van der Waals surface area contributed by atoms with Crippen molar-refractivity contribution in [3.8, 4) is 0 Å². The Morgan fingerprint density at radius 1 is 1.25 bits per heavy atom. The molecule has 1 aromatic carbocycles. The number of halogens is 4. The van der Waals surface area contributed by atoms with Crippen molar-refractivity contribution in [3.63, 3.8) is 0 Å². The Labute approximate surface area is 204 Å². The number of rotatable bonds is 6. The highest BCUT2D eigenvalue weighted by atomic mass is 127. The van der Waals surface area contributed by atoms with Crippen LogP contribution in [0.4, 0.5) is 13.2 Å². The second-order valence-electron chi connectivity index (χ2n) is 8.19. The normalized spacial score (nSPS) is 16.2. The fourth-order valence-electron chi connectivity index (χ4n) is 3.58. The van der Waals surface area contributed by atoms with Crippen molar-refractivity contribution in [2.45, 2.75) is 57.9 Å². The number of aliphatic imine (C=N–C) groups is 1. The molecule has 1 aliphatic rings. The van der Waals surface area contributed by atoms with Crippen LogP contribution in [0.2, 0.25) is 0 Å². The van der Waals surface area contributed by atoms with Crippen molar-refractivity contribution < 1.29 is 17.7 Å². The summed E-state index contributed by atoms with van der Waals surface area (Å²) in [7, 11) is 1.72. The molecule has 1 aliphatic heterocycles. The lowest BCUT2D eigenvalue weighted by Crippen LogP contribution is -2.48. The van der Waals surface area contributed by atoms with Gasteiger partial charge in [-0.25, -0.2) is 0 Å². The van der Waals surface area contributed by atoms with Gasteiger partial charge in [0.15, 0.2) is 11.7 Å². The van der Waals surface area contributed by atoms with Crippen LogP contribution in [0.25, 0.3) is 0 Å². The first kappa shape index (κ1) is 26.4. The predicted molar refractivity (Wildman–Crippen MR) is 129 cm³/mol. The molecule has 0 saturated carbocycles. The van der Waals surface area contributed by atoms with E-state index in [2.05, 4.69) is 39.5 Å². The Balaban J connectivity index is 0.00000363. The van der Waals surface area contributed by atoms with Crippen LogP contribution in [0.1, 0.15) is 55.2 Å². The number of hydrogen-bond acceptors (Lipinski definition) is 4. The molecule has 32 heavy (non-hydrogen) atoms. The van der Waals surface area contributed by atoms with E-state index in [1.807, 2.05) is 6.07 Å². The number of nitrogens with one attached hydrogen (secondary N) is 2. The van der Waals surface area contributed by atoms with Gasteiger partial charge in [0.05, 0.1) is 17.8 Å². The number of hydrogen-bond donors (Lipinski definition) is 2. The molecule has 0 spiro atoms. The van der Waals surface area contributed by atoms with E-state index >= 15 is 0 Å². The summed E-state index contributed by atoms with van der Waals surface area (Å²) in [6.07, 6.45) is -2.53. The van der Waals surface area contributed by atoms with Gasteiger partial charge in [-0.05, 0) is 30.4 Å². The minimum absolute atomic E-state index is 0. The van der Waals surface area contributed by atoms with Gasteiger partial charge in [-0.2, -0.15) is 13.2 Å². The third-order valence-corrected chi connectivity index (χ3v) is 5.41. The second-order valence-corrected chi connectivity index (χ2v) is 8.19. The van der Waals surface area contributed by atoms with Crippen LogP contribution in [0.15, 0.2) is 39.8 Å². The first-order chi connectivity index (χ1) is 14.7. The van der Waals surface area contributed by atoms with Crippen molar-refractivity contribution in [1.29, 1.82) is 0 Å². The zero-order valence-electron chi connectivity index (χ0n) is 18.6. The molecule has 0 atom stereocenters. The zero-order chi connectivity index (χ0) is 22.4. The fourth-order valence-corrected chi connectivity index (χ4v) is 3.58. The van der Waals surface area contributed by atoms with Crippen LogP contribution in [0.5, 0.6) is 0 Å². The standard InChI is InChI=1S/C22H30F3N5O.HI/c1-15(2)20-12-19(31-29-20)13-27-21(26-3)28-18-7-9-30(10-8-18)14-16-5-4-6-17(11-16)22(23,24)25;/h4-6,11-12,15,18H,7-10,13-14H2,1-3H3,(H2,26,27,28);1H. The molecule has 0 radical (unpaired) electrons. The average molecular weight is 565 g/mol. The summed E-state index contributed by atoms with van der Waals surface area (Å²) in [5.41, 5.74) is 1.02. The number of aromatic nitrogens is 1. The summed E-state index contributed by atoms with van der Waals surface area (Å²) < 4.78 is 44.1. The van der Waals surface area contributed by atoms with Crippen LogP contribution in [0.3, 0.4) is 0 Å². The fraction of sp³-hybridized carbons (Fsp3) is 0.545. The molecular formula is C22H31F3IN5O. The Kier molecular flexibility index (Phi) is 9.81.